The highest BCUT2D eigenvalue weighted by Crippen LogP contribution is 2.02. The second-order valence-corrected chi connectivity index (χ2v) is 3.24. The van der Waals surface area contributed by atoms with E-state index >= 15 is 0 Å². The minimum Gasteiger partial charge on any atom is -0.409 e. The molecule has 0 aliphatic carbocycles. The topological polar surface area (TPSA) is 39.1 Å². The van der Waals surface area contributed by atoms with Crippen molar-refractivity contribution >= 4 is 5.84 Å². The first-order chi connectivity index (χ1) is 5.77. The molecule has 0 unspecified atom stereocenters. The quantitative estimate of drug-likeness (QED) is 0.484. The molecule has 1 rings (SSSR count). The van der Waals surface area contributed by atoms with E-state index in [9.17, 15) is 0 Å². The molecule has 0 radical (unpaired) electrons. The Kier molecular flexibility index (Phi) is 3.34. The van der Waals surface area contributed by atoms with Gasteiger partial charge in [0.15, 0.2) is 5.84 Å². The Bertz CT molecular complexity index is 170. The van der Waals surface area contributed by atoms with E-state index in [0.29, 0.717) is 0 Å². The average molecular weight is 171 g/mol. The number of hydrogen-bond donors (Lipinski definition) is 1. The van der Waals surface area contributed by atoms with Crippen LogP contribution in [0.2, 0.25) is 0 Å². The number of hydrogen-bond acceptors (Lipinski definition) is 3. The lowest BCUT2D eigenvalue weighted by Crippen LogP contribution is -2.49. The van der Waals surface area contributed by atoms with E-state index in [4.69, 9.17) is 5.21 Å². The number of oxime groups is 1. The normalized spacial score (nSPS) is 23.5. The van der Waals surface area contributed by atoms with Crippen molar-refractivity contribution in [1.29, 1.82) is 0 Å². The summed E-state index contributed by atoms with van der Waals surface area (Å²) in [7, 11) is 2.04. The number of likely N-dealkylation sites (N-methyl/N-ethyl adjacent to an activating group) is 1. The van der Waals surface area contributed by atoms with Crippen LogP contribution in [0.4, 0.5) is 0 Å². The number of rotatable bonds is 2. The van der Waals surface area contributed by atoms with Crippen LogP contribution in [0.25, 0.3) is 0 Å². The van der Waals surface area contributed by atoms with Crippen molar-refractivity contribution in [1.82, 2.24) is 9.80 Å². The molecule has 1 aliphatic heterocycles. The van der Waals surface area contributed by atoms with Crippen LogP contribution in [0.5, 0.6) is 0 Å². The summed E-state index contributed by atoms with van der Waals surface area (Å²) in [6, 6.07) is 0. The van der Waals surface area contributed by atoms with Gasteiger partial charge in [-0.1, -0.05) is 12.1 Å². The van der Waals surface area contributed by atoms with E-state index in [1.807, 2.05) is 7.05 Å². The Labute approximate surface area is 73.5 Å². The van der Waals surface area contributed by atoms with Gasteiger partial charge in [-0.25, -0.2) is 0 Å². The van der Waals surface area contributed by atoms with Crippen LogP contribution in [0.1, 0.15) is 13.3 Å². The summed E-state index contributed by atoms with van der Waals surface area (Å²) in [6.45, 7) is 5.92. The molecule has 1 fully saturated rings. The van der Waals surface area contributed by atoms with Gasteiger partial charge in [-0.15, -0.1) is 0 Å². The molecule has 0 aromatic rings. The first kappa shape index (κ1) is 9.32. The predicted molar refractivity (Wildman–Crippen MR) is 48.6 cm³/mol. The van der Waals surface area contributed by atoms with Gasteiger partial charge in [-0.05, 0) is 13.5 Å². The molecule has 0 atom stereocenters. The molecule has 4 heteroatoms. The Morgan fingerprint density at radius 2 is 2.25 bits per heavy atom. The number of nitrogens with zero attached hydrogens (tertiary/aromatic N) is 3. The highest BCUT2D eigenvalue weighted by atomic mass is 16.4. The molecule has 1 saturated heterocycles. The van der Waals surface area contributed by atoms with E-state index < -0.39 is 0 Å². The van der Waals surface area contributed by atoms with E-state index in [0.717, 1.165) is 38.4 Å². The van der Waals surface area contributed by atoms with E-state index in [1.165, 1.54) is 0 Å². The maximum atomic E-state index is 8.73. The molecule has 0 amide bonds. The summed E-state index contributed by atoms with van der Waals surface area (Å²) in [5, 5.41) is 12.0. The number of piperazine rings is 1. The zero-order chi connectivity index (χ0) is 8.97. The molecule has 4 nitrogen and oxygen atoms in total. The summed E-state index contributed by atoms with van der Waals surface area (Å²) in [4.78, 5) is 4.29. The maximum absolute atomic E-state index is 8.73. The van der Waals surface area contributed by atoms with E-state index in [-0.39, 0.29) is 0 Å². The second-order valence-electron chi connectivity index (χ2n) is 3.24. The van der Waals surface area contributed by atoms with Crippen LogP contribution < -0.4 is 0 Å². The minimum absolute atomic E-state index is 0.760. The SMILES string of the molecule is CCCN1CCN(C)C/C1=N/O. The van der Waals surface area contributed by atoms with Crippen molar-refractivity contribution in [3.8, 4) is 0 Å². The van der Waals surface area contributed by atoms with Gasteiger partial charge in [-0.3, -0.25) is 4.90 Å². The first-order valence-electron chi connectivity index (χ1n) is 4.42. The van der Waals surface area contributed by atoms with Gasteiger partial charge < -0.3 is 10.1 Å². The molecule has 1 heterocycles. The van der Waals surface area contributed by atoms with Crippen molar-refractivity contribution in [3.05, 3.63) is 0 Å². The fourth-order valence-electron chi connectivity index (χ4n) is 1.45. The van der Waals surface area contributed by atoms with Gasteiger partial charge in [0.2, 0.25) is 0 Å². The smallest absolute Gasteiger partial charge is 0.158 e. The highest BCUT2D eigenvalue weighted by Gasteiger charge is 2.18. The van der Waals surface area contributed by atoms with E-state index in [2.05, 4.69) is 21.9 Å². The van der Waals surface area contributed by atoms with Crippen LogP contribution in [-0.2, 0) is 0 Å². The molecular formula is C8H17N3O. The number of amidine groups is 1. The van der Waals surface area contributed by atoms with Gasteiger partial charge in [-0.2, -0.15) is 0 Å². The summed E-state index contributed by atoms with van der Waals surface area (Å²) in [5.41, 5.74) is 0. The molecule has 0 spiro atoms. The minimum atomic E-state index is 0.760. The zero-order valence-electron chi connectivity index (χ0n) is 7.82. The molecule has 1 N–H and O–H groups in total. The van der Waals surface area contributed by atoms with Crippen molar-refractivity contribution in [3.63, 3.8) is 0 Å². The Morgan fingerprint density at radius 1 is 1.50 bits per heavy atom. The average Bonchev–Trinajstić information content (AvgIpc) is 2.08. The third-order valence-corrected chi connectivity index (χ3v) is 2.14. The van der Waals surface area contributed by atoms with Gasteiger partial charge in [0.25, 0.3) is 0 Å². The molecule has 0 aromatic carbocycles. The van der Waals surface area contributed by atoms with Crippen LogP contribution in [0, 0.1) is 0 Å². The zero-order valence-corrected chi connectivity index (χ0v) is 7.82. The Hall–Kier alpha value is -0.770. The van der Waals surface area contributed by atoms with E-state index in [1.54, 1.807) is 0 Å². The summed E-state index contributed by atoms with van der Waals surface area (Å²) < 4.78 is 0. The van der Waals surface area contributed by atoms with Gasteiger partial charge >= 0.3 is 0 Å². The predicted octanol–water partition coefficient (Wildman–Crippen LogP) is 0.432. The third kappa shape index (κ3) is 2.11. The lowest BCUT2D eigenvalue weighted by molar-refractivity contribution is 0.237. The Morgan fingerprint density at radius 3 is 2.83 bits per heavy atom. The fourth-order valence-corrected chi connectivity index (χ4v) is 1.45. The standard InChI is InChI=1S/C8H17N3O/c1-3-4-11-6-5-10(2)7-8(11)9-12/h12H,3-7H2,1-2H3/b9-8-. The van der Waals surface area contributed by atoms with Gasteiger partial charge in [0, 0.05) is 19.6 Å². The second kappa shape index (κ2) is 4.30. The van der Waals surface area contributed by atoms with Crippen LogP contribution >= 0.6 is 0 Å². The van der Waals surface area contributed by atoms with Crippen molar-refractivity contribution in [2.45, 2.75) is 13.3 Å². The molecule has 70 valence electrons. The lowest BCUT2D eigenvalue weighted by Gasteiger charge is -2.33. The molecule has 12 heavy (non-hydrogen) atoms. The third-order valence-electron chi connectivity index (χ3n) is 2.14. The molecule has 1 aliphatic rings. The van der Waals surface area contributed by atoms with Crippen molar-refractivity contribution < 1.29 is 5.21 Å². The molecular weight excluding hydrogens is 154 g/mol. The molecule has 0 aromatic heterocycles. The van der Waals surface area contributed by atoms with Gasteiger partial charge in [0.05, 0.1) is 6.54 Å². The van der Waals surface area contributed by atoms with Crippen molar-refractivity contribution in [2.75, 3.05) is 33.2 Å². The monoisotopic (exact) mass is 171 g/mol. The fraction of sp³-hybridized carbons (Fsp3) is 0.875. The maximum Gasteiger partial charge on any atom is 0.158 e. The summed E-state index contributed by atoms with van der Waals surface area (Å²) in [6.07, 6.45) is 1.10. The van der Waals surface area contributed by atoms with Crippen LogP contribution in [0.3, 0.4) is 0 Å². The Balaban J connectivity index is 2.51. The summed E-state index contributed by atoms with van der Waals surface area (Å²) >= 11 is 0. The largest absolute Gasteiger partial charge is 0.409 e. The van der Waals surface area contributed by atoms with Crippen LogP contribution in [-0.4, -0.2) is 54.1 Å². The van der Waals surface area contributed by atoms with Gasteiger partial charge in [0.1, 0.15) is 0 Å². The first-order valence-corrected chi connectivity index (χ1v) is 4.42. The highest BCUT2D eigenvalue weighted by molar-refractivity contribution is 5.84. The molecule has 0 bridgehead atoms. The summed E-state index contributed by atoms with van der Waals surface area (Å²) in [5.74, 6) is 0.797. The lowest BCUT2D eigenvalue weighted by atomic mass is 10.3. The molecule has 0 saturated carbocycles. The van der Waals surface area contributed by atoms with Crippen LogP contribution in [0.15, 0.2) is 5.16 Å². The van der Waals surface area contributed by atoms with Crippen molar-refractivity contribution in [2.24, 2.45) is 5.16 Å².